The molecule has 2 amide bonds. The molecular formula is C24H31N3O5. The van der Waals surface area contributed by atoms with Gasteiger partial charge < -0.3 is 20.5 Å². The molecular weight excluding hydrogens is 410 g/mol. The van der Waals surface area contributed by atoms with Crippen molar-refractivity contribution >= 4 is 23.5 Å². The van der Waals surface area contributed by atoms with Gasteiger partial charge in [-0.3, -0.25) is 14.6 Å². The Morgan fingerprint density at radius 1 is 1.16 bits per heavy atom. The summed E-state index contributed by atoms with van der Waals surface area (Å²) in [5.74, 6) is -1.25. The van der Waals surface area contributed by atoms with Crippen LogP contribution in [-0.2, 0) is 27.3 Å². The number of rotatable bonds is 12. The molecule has 0 aliphatic heterocycles. The molecule has 1 atom stereocenters. The van der Waals surface area contributed by atoms with Crippen LogP contribution >= 0.6 is 0 Å². The van der Waals surface area contributed by atoms with Gasteiger partial charge in [-0.25, -0.2) is 4.79 Å². The van der Waals surface area contributed by atoms with Gasteiger partial charge in [0.25, 0.3) is 0 Å². The first-order chi connectivity index (χ1) is 15.3. The number of amides is 2. The lowest BCUT2D eigenvalue weighted by Crippen LogP contribution is -2.32. The third kappa shape index (κ3) is 8.11. The van der Waals surface area contributed by atoms with Crippen LogP contribution in [0.25, 0.3) is 0 Å². The second-order valence-corrected chi connectivity index (χ2v) is 8.06. The molecule has 32 heavy (non-hydrogen) atoms. The minimum absolute atomic E-state index is 0.0474. The molecule has 8 heteroatoms. The van der Waals surface area contributed by atoms with E-state index in [2.05, 4.69) is 29.5 Å². The number of hydrogen-bond acceptors (Lipinski definition) is 5. The molecule has 1 aromatic heterocycles. The average Bonchev–Trinajstić information content (AvgIpc) is 2.76. The highest BCUT2D eigenvalue weighted by molar-refractivity contribution is 5.92. The minimum atomic E-state index is -0.999. The topological polar surface area (TPSA) is 118 Å². The number of pyridine rings is 1. The molecule has 0 radical (unpaired) electrons. The van der Waals surface area contributed by atoms with Gasteiger partial charge in [0, 0.05) is 37.2 Å². The fraction of sp³-hybridized carbons (Fsp3) is 0.417. The zero-order valence-corrected chi connectivity index (χ0v) is 18.8. The van der Waals surface area contributed by atoms with E-state index in [1.54, 1.807) is 12.1 Å². The predicted octanol–water partition coefficient (Wildman–Crippen LogP) is 3.28. The lowest BCUT2D eigenvalue weighted by molar-refractivity contribution is -0.125. The van der Waals surface area contributed by atoms with Crippen LogP contribution in [0.4, 0.5) is 5.69 Å². The maximum Gasteiger partial charge on any atom is 0.335 e. The number of benzene rings is 1. The largest absolute Gasteiger partial charge is 0.478 e. The first-order valence-electron chi connectivity index (χ1n) is 10.6. The van der Waals surface area contributed by atoms with Crippen LogP contribution < -0.4 is 10.6 Å². The van der Waals surface area contributed by atoms with E-state index >= 15 is 0 Å². The average molecular weight is 442 g/mol. The number of ether oxygens (including phenoxy) is 1. The van der Waals surface area contributed by atoms with Crippen LogP contribution in [0.15, 0.2) is 42.6 Å². The predicted molar refractivity (Wildman–Crippen MR) is 121 cm³/mol. The highest BCUT2D eigenvalue weighted by atomic mass is 16.5. The van der Waals surface area contributed by atoms with Crippen LogP contribution in [-0.4, -0.2) is 41.6 Å². The monoisotopic (exact) mass is 441 g/mol. The summed E-state index contributed by atoms with van der Waals surface area (Å²) in [6, 6.07) is 10.3. The van der Waals surface area contributed by atoms with Crippen molar-refractivity contribution in [1.82, 2.24) is 10.3 Å². The minimum Gasteiger partial charge on any atom is -0.478 e. The molecule has 8 nitrogen and oxygen atoms in total. The smallest absolute Gasteiger partial charge is 0.335 e. The van der Waals surface area contributed by atoms with E-state index in [9.17, 15) is 14.4 Å². The number of aryl methyl sites for hydroxylation is 1. The van der Waals surface area contributed by atoms with Crippen molar-refractivity contribution in [3.8, 4) is 0 Å². The van der Waals surface area contributed by atoms with Crippen LogP contribution in [0, 0.1) is 11.8 Å². The Morgan fingerprint density at radius 2 is 1.91 bits per heavy atom. The number of aromatic nitrogens is 1. The van der Waals surface area contributed by atoms with Crippen molar-refractivity contribution in [1.29, 1.82) is 0 Å². The summed E-state index contributed by atoms with van der Waals surface area (Å²) >= 11 is 0. The van der Waals surface area contributed by atoms with Crippen LogP contribution in [0.1, 0.15) is 48.3 Å². The van der Waals surface area contributed by atoms with Crippen LogP contribution in [0.5, 0.6) is 0 Å². The van der Waals surface area contributed by atoms with Gasteiger partial charge in [-0.1, -0.05) is 32.0 Å². The summed E-state index contributed by atoms with van der Waals surface area (Å²) < 4.78 is 4.85. The maximum absolute atomic E-state index is 13.0. The third-order valence-electron chi connectivity index (χ3n) is 4.96. The van der Waals surface area contributed by atoms with Gasteiger partial charge in [-0.2, -0.15) is 0 Å². The molecule has 0 saturated heterocycles. The van der Waals surface area contributed by atoms with E-state index < -0.39 is 5.97 Å². The highest BCUT2D eigenvalue weighted by Gasteiger charge is 2.20. The quantitative estimate of drug-likeness (QED) is 0.465. The van der Waals surface area contributed by atoms with Crippen molar-refractivity contribution in [3.63, 3.8) is 0 Å². The second kappa shape index (κ2) is 12.6. The van der Waals surface area contributed by atoms with E-state index in [1.807, 2.05) is 18.2 Å². The molecule has 0 saturated carbocycles. The summed E-state index contributed by atoms with van der Waals surface area (Å²) in [7, 11) is 1.45. The van der Waals surface area contributed by atoms with Gasteiger partial charge in [-0.15, -0.1) is 0 Å². The van der Waals surface area contributed by atoms with E-state index in [0.29, 0.717) is 36.6 Å². The summed E-state index contributed by atoms with van der Waals surface area (Å²) in [4.78, 5) is 40.2. The fourth-order valence-corrected chi connectivity index (χ4v) is 3.44. The molecule has 2 rings (SSSR count). The van der Waals surface area contributed by atoms with Gasteiger partial charge >= 0.3 is 5.97 Å². The molecule has 0 unspecified atom stereocenters. The molecule has 0 spiro atoms. The summed E-state index contributed by atoms with van der Waals surface area (Å²) in [6.07, 6.45) is 3.25. The lowest BCUT2D eigenvalue weighted by Gasteiger charge is -2.19. The van der Waals surface area contributed by atoms with Gasteiger partial charge in [0.2, 0.25) is 11.8 Å². The summed E-state index contributed by atoms with van der Waals surface area (Å²) in [5.41, 5.74) is 2.26. The zero-order valence-electron chi connectivity index (χ0n) is 18.8. The number of para-hydroxylation sites is 1. The van der Waals surface area contributed by atoms with Crippen molar-refractivity contribution in [3.05, 3.63) is 59.4 Å². The van der Waals surface area contributed by atoms with Gasteiger partial charge in [-0.05, 0) is 48.9 Å². The lowest BCUT2D eigenvalue weighted by atomic mass is 9.91. The number of nitrogens with one attached hydrogen (secondary N) is 2. The SMILES string of the molecule is COCC(=O)Nc1ccccc1CNC(=O)[C@@H](CCc1cc(C(=O)O)ccn1)CC(C)C. The number of carbonyl (C=O) groups excluding carboxylic acids is 2. The fourth-order valence-electron chi connectivity index (χ4n) is 3.44. The molecule has 0 aliphatic rings. The number of anilines is 1. The van der Waals surface area contributed by atoms with Crippen LogP contribution in [0.3, 0.4) is 0 Å². The molecule has 2 aromatic rings. The first kappa shape index (κ1) is 25.0. The van der Waals surface area contributed by atoms with E-state index in [-0.39, 0.29) is 36.4 Å². The number of carboxylic acids is 1. The first-order valence-corrected chi connectivity index (χ1v) is 10.6. The number of hydrogen-bond donors (Lipinski definition) is 3. The Labute approximate surface area is 188 Å². The number of nitrogens with zero attached hydrogens (tertiary/aromatic N) is 1. The Bertz CT molecular complexity index is 929. The number of carboxylic acid groups (broad SMARTS) is 1. The maximum atomic E-state index is 13.0. The highest BCUT2D eigenvalue weighted by Crippen LogP contribution is 2.20. The van der Waals surface area contributed by atoms with Gasteiger partial charge in [0.15, 0.2) is 0 Å². The molecule has 0 aliphatic carbocycles. The Morgan fingerprint density at radius 3 is 2.59 bits per heavy atom. The molecule has 3 N–H and O–H groups in total. The number of aromatic carboxylic acids is 1. The van der Waals surface area contributed by atoms with E-state index in [4.69, 9.17) is 9.84 Å². The second-order valence-electron chi connectivity index (χ2n) is 8.06. The van der Waals surface area contributed by atoms with Crippen molar-refractivity contribution in [2.24, 2.45) is 11.8 Å². The molecule has 0 fully saturated rings. The van der Waals surface area contributed by atoms with E-state index in [0.717, 1.165) is 5.56 Å². The zero-order chi connectivity index (χ0) is 23.5. The Balaban J connectivity index is 2.02. The molecule has 1 heterocycles. The van der Waals surface area contributed by atoms with Crippen molar-refractivity contribution < 1.29 is 24.2 Å². The Kier molecular flexibility index (Phi) is 9.81. The van der Waals surface area contributed by atoms with E-state index in [1.165, 1.54) is 19.4 Å². The molecule has 0 bridgehead atoms. The normalized spacial score (nSPS) is 11.8. The van der Waals surface area contributed by atoms with Crippen molar-refractivity contribution in [2.75, 3.05) is 19.0 Å². The van der Waals surface area contributed by atoms with Gasteiger partial charge in [0.05, 0.1) is 5.56 Å². The molecule has 1 aromatic carbocycles. The Hall–Kier alpha value is -3.26. The number of carbonyl (C=O) groups is 3. The van der Waals surface area contributed by atoms with Crippen molar-refractivity contribution in [2.45, 2.75) is 39.7 Å². The third-order valence-corrected chi connectivity index (χ3v) is 4.96. The number of methoxy groups -OCH3 is 1. The summed E-state index contributed by atoms with van der Waals surface area (Å²) in [5, 5.41) is 14.9. The standard InChI is InChI=1S/C24H31N3O5/c1-16(2)12-17(8-9-20-13-18(24(30)31)10-11-25-20)23(29)26-14-19-6-4-5-7-21(19)27-22(28)15-32-3/h4-7,10-11,13,16-17H,8-9,12,14-15H2,1-3H3,(H,26,29)(H,27,28)(H,30,31)/t17-/m0/s1. The van der Waals surface area contributed by atoms with Gasteiger partial charge in [0.1, 0.15) is 6.61 Å². The molecule has 172 valence electrons. The van der Waals surface area contributed by atoms with Crippen LogP contribution in [0.2, 0.25) is 0 Å². The summed E-state index contributed by atoms with van der Waals surface area (Å²) in [6.45, 7) is 4.35.